The first kappa shape index (κ1) is 17.0. The normalized spacial score (nSPS) is 15.5. The molecule has 0 unspecified atom stereocenters. The maximum Gasteiger partial charge on any atom is 0.257 e. The van der Waals surface area contributed by atoms with E-state index >= 15 is 0 Å². The van der Waals surface area contributed by atoms with Gasteiger partial charge in [0.25, 0.3) is 5.91 Å². The Hall–Kier alpha value is -2.49. The zero-order valence-electron chi connectivity index (χ0n) is 14.1. The van der Waals surface area contributed by atoms with Crippen LogP contribution in [0.15, 0.2) is 38.8 Å². The minimum Gasteiger partial charge on any atom is -0.467 e. The van der Waals surface area contributed by atoms with Crippen molar-refractivity contribution in [3.63, 3.8) is 0 Å². The van der Waals surface area contributed by atoms with Crippen molar-refractivity contribution in [3.8, 4) is 10.7 Å². The molecule has 136 valence electrons. The van der Waals surface area contributed by atoms with E-state index in [0.717, 1.165) is 18.0 Å². The number of amides is 1. The van der Waals surface area contributed by atoms with Crippen LogP contribution >= 0.6 is 11.3 Å². The molecule has 8 nitrogen and oxygen atoms in total. The van der Waals surface area contributed by atoms with E-state index in [1.54, 1.807) is 17.4 Å². The van der Waals surface area contributed by atoms with Crippen molar-refractivity contribution in [3.05, 3.63) is 47.1 Å². The zero-order chi connectivity index (χ0) is 17.9. The second kappa shape index (κ2) is 7.40. The molecule has 0 aromatic carbocycles. The smallest absolute Gasteiger partial charge is 0.257 e. The average molecular weight is 373 g/mol. The van der Waals surface area contributed by atoms with Gasteiger partial charge in [-0.3, -0.25) is 9.69 Å². The summed E-state index contributed by atoms with van der Waals surface area (Å²) in [7, 11) is 0. The van der Waals surface area contributed by atoms with E-state index in [9.17, 15) is 4.79 Å². The Morgan fingerprint density at radius 2 is 2.15 bits per heavy atom. The number of carbonyl (C=O) groups is 1. The monoisotopic (exact) mass is 373 g/mol. The van der Waals surface area contributed by atoms with E-state index in [1.807, 2.05) is 22.4 Å². The fourth-order valence-corrected chi connectivity index (χ4v) is 3.56. The Morgan fingerprint density at radius 3 is 2.85 bits per heavy atom. The minimum absolute atomic E-state index is 0.0223. The molecular formula is C17H19N5O3S. The Kier molecular flexibility index (Phi) is 4.83. The highest BCUT2D eigenvalue weighted by Crippen LogP contribution is 2.22. The highest BCUT2D eigenvalue weighted by molar-refractivity contribution is 7.13. The van der Waals surface area contributed by atoms with Gasteiger partial charge in [-0.05, 0) is 17.5 Å². The maximum absolute atomic E-state index is 12.5. The third-order valence-electron chi connectivity index (χ3n) is 4.33. The predicted molar refractivity (Wildman–Crippen MR) is 95.4 cm³/mol. The van der Waals surface area contributed by atoms with Gasteiger partial charge in [0.15, 0.2) is 0 Å². The lowest BCUT2D eigenvalue weighted by atomic mass is 10.2. The molecule has 0 bridgehead atoms. The lowest BCUT2D eigenvalue weighted by Gasteiger charge is -2.33. The van der Waals surface area contributed by atoms with Crippen LogP contribution < -0.4 is 5.73 Å². The van der Waals surface area contributed by atoms with Crippen LogP contribution in [-0.2, 0) is 13.1 Å². The predicted octanol–water partition coefficient (Wildman–Crippen LogP) is 1.81. The minimum atomic E-state index is -0.0223. The number of hydrogen-bond acceptors (Lipinski definition) is 8. The number of furan rings is 1. The molecule has 4 heterocycles. The quantitative estimate of drug-likeness (QED) is 0.728. The van der Waals surface area contributed by atoms with Crippen molar-refractivity contribution < 1.29 is 13.7 Å². The molecule has 1 fully saturated rings. The van der Waals surface area contributed by atoms with Crippen molar-refractivity contribution in [2.75, 3.05) is 26.2 Å². The number of nitrogens with zero attached hydrogens (tertiary/aromatic N) is 4. The summed E-state index contributed by atoms with van der Waals surface area (Å²) in [6.07, 6.45) is 1.47. The molecule has 0 radical (unpaired) electrons. The van der Waals surface area contributed by atoms with Crippen molar-refractivity contribution in [2.24, 2.45) is 5.73 Å². The molecule has 1 saturated heterocycles. The zero-order valence-corrected chi connectivity index (χ0v) is 14.9. The lowest BCUT2D eigenvalue weighted by Crippen LogP contribution is -2.48. The third-order valence-corrected chi connectivity index (χ3v) is 5.20. The van der Waals surface area contributed by atoms with Crippen LogP contribution in [0.25, 0.3) is 10.7 Å². The van der Waals surface area contributed by atoms with E-state index in [2.05, 4.69) is 15.0 Å². The van der Waals surface area contributed by atoms with Gasteiger partial charge in [0, 0.05) is 26.2 Å². The maximum atomic E-state index is 12.5. The molecule has 2 N–H and O–H groups in total. The second-order valence-electron chi connectivity index (χ2n) is 6.06. The van der Waals surface area contributed by atoms with E-state index < -0.39 is 0 Å². The Labute approximate surface area is 154 Å². The van der Waals surface area contributed by atoms with Gasteiger partial charge in [-0.25, -0.2) is 0 Å². The topological polar surface area (TPSA) is 102 Å². The Morgan fingerprint density at radius 1 is 1.31 bits per heavy atom. The van der Waals surface area contributed by atoms with E-state index in [1.165, 1.54) is 6.26 Å². The van der Waals surface area contributed by atoms with Crippen LogP contribution in [0, 0.1) is 0 Å². The molecule has 3 aromatic heterocycles. The molecule has 0 spiro atoms. The lowest BCUT2D eigenvalue weighted by molar-refractivity contribution is 0.0614. The summed E-state index contributed by atoms with van der Waals surface area (Å²) < 4.78 is 10.6. The van der Waals surface area contributed by atoms with Crippen molar-refractivity contribution in [1.82, 2.24) is 19.9 Å². The van der Waals surface area contributed by atoms with Gasteiger partial charge in [0.1, 0.15) is 12.0 Å². The van der Waals surface area contributed by atoms with Crippen LogP contribution in [0.3, 0.4) is 0 Å². The summed E-state index contributed by atoms with van der Waals surface area (Å²) in [5.41, 5.74) is 6.07. The van der Waals surface area contributed by atoms with E-state index in [0.29, 0.717) is 49.2 Å². The number of thiophene rings is 1. The van der Waals surface area contributed by atoms with Crippen molar-refractivity contribution in [2.45, 2.75) is 13.1 Å². The molecule has 9 heteroatoms. The Balaban J connectivity index is 1.31. The van der Waals surface area contributed by atoms with Gasteiger partial charge in [0.2, 0.25) is 11.7 Å². The first-order valence-corrected chi connectivity index (χ1v) is 9.26. The summed E-state index contributed by atoms with van der Waals surface area (Å²) >= 11 is 1.58. The summed E-state index contributed by atoms with van der Waals surface area (Å²) in [6.45, 7) is 3.68. The van der Waals surface area contributed by atoms with Crippen LogP contribution in [-0.4, -0.2) is 52.0 Å². The van der Waals surface area contributed by atoms with Crippen LogP contribution in [0.4, 0.5) is 0 Å². The first-order chi connectivity index (χ1) is 12.7. The fourth-order valence-electron chi connectivity index (χ4n) is 2.91. The molecule has 0 aliphatic carbocycles. The molecular weight excluding hydrogens is 354 g/mol. The van der Waals surface area contributed by atoms with Gasteiger partial charge >= 0.3 is 0 Å². The van der Waals surface area contributed by atoms with Crippen LogP contribution in [0.1, 0.15) is 22.0 Å². The summed E-state index contributed by atoms with van der Waals surface area (Å²) in [6, 6.07) is 5.64. The van der Waals surface area contributed by atoms with Crippen molar-refractivity contribution in [1.29, 1.82) is 0 Å². The highest BCUT2D eigenvalue weighted by Gasteiger charge is 2.24. The van der Waals surface area contributed by atoms with Gasteiger partial charge in [-0.15, -0.1) is 11.3 Å². The number of rotatable bonds is 5. The first-order valence-electron chi connectivity index (χ1n) is 8.38. The van der Waals surface area contributed by atoms with E-state index in [-0.39, 0.29) is 5.91 Å². The van der Waals surface area contributed by atoms with Gasteiger partial charge < -0.3 is 19.6 Å². The number of aromatic nitrogens is 2. The number of hydrogen-bond donors (Lipinski definition) is 1. The molecule has 0 atom stereocenters. The highest BCUT2D eigenvalue weighted by atomic mass is 32.1. The van der Waals surface area contributed by atoms with Gasteiger partial charge in [-0.1, -0.05) is 11.2 Å². The second-order valence-corrected chi connectivity index (χ2v) is 7.01. The third kappa shape index (κ3) is 3.55. The molecule has 4 rings (SSSR count). The fraction of sp³-hybridized carbons (Fsp3) is 0.353. The molecule has 1 aliphatic rings. The summed E-state index contributed by atoms with van der Waals surface area (Å²) in [5.74, 6) is 1.81. The molecule has 3 aromatic rings. The largest absolute Gasteiger partial charge is 0.467 e. The van der Waals surface area contributed by atoms with Gasteiger partial charge in [0.05, 0.1) is 23.5 Å². The molecule has 0 saturated carbocycles. The molecule has 1 amide bonds. The van der Waals surface area contributed by atoms with E-state index in [4.69, 9.17) is 14.7 Å². The number of nitrogens with two attached hydrogens (primary N) is 1. The van der Waals surface area contributed by atoms with Crippen molar-refractivity contribution >= 4 is 17.2 Å². The Bertz CT molecular complexity index is 865. The van der Waals surface area contributed by atoms with Gasteiger partial charge in [-0.2, -0.15) is 4.98 Å². The molecule has 1 aliphatic heterocycles. The summed E-state index contributed by atoms with van der Waals surface area (Å²) in [4.78, 5) is 22.0. The SMILES string of the molecule is NCc1cc(C(=O)N2CCN(Cc3nc(-c4cccs4)no3)CC2)co1. The average Bonchev–Trinajstić information content (AvgIpc) is 3.42. The van der Waals surface area contributed by atoms with Crippen LogP contribution in [0.2, 0.25) is 0 Å². The van der Waals surface area contributed by atoms with Crippen LogP contribution in [0.5, 0.6) is 0 Å². The molecule has 26 heavy (non-hydrogen) atoms. The number of carbonyl (C=O) groups excluding carboxylic acids is 1. The summed E-state index contributed by atoms with van der Waals surface area (Å²) in [5, 5.41) is 6.01. The standard InChI is InChI=1S/C17H19N5O3S/c18-9-13-8-12(11-24-13)17(23)22-5-3-21(4-6-22)10-15-19-16(20-25-15)14-2-1-7-26-14/h1-2,7-8,11H,3-6,9-10,18H2. The number of piperazine rings is 1.